The SMILES string of the molecule is O=C(COC(=O)[C@@H]1CC(=O)N(NC(=O)c2ccccc2[N+](=O)[O-])C1)Nc1ccc(Cl)cc1Cl. The number of carbonyl (C=O) groups is 4. The van der Waals surface area contributed by atoms with Crippen LogP contribution in [-0.4, -0.2) is 46.8 Å². The predicted molar refractivity (Wildman–Crippen MR) is 116 cm³/mol. The van der Waals surface area contributed by atoms with Gasteiger partial charge in [0.25, 0.3) is 17.5 Å². The smallest absolute Gasteiger partial charge is 0.311 e. The van der Waals surface area contributed by atoms with E-state index in [1.54, 1.807) is 0 Å². The second-order valence-electron chi connectivity index (χ2n) is 6.90. The standard InChI is InChI=1S/C20H16Cl2N4O7/c21-12-5-6-15(14(22)8-12)23-17(27)10-33-20(30)11-7-18(28)25(9-11)24-19(29)13-3-1-2-4-16(13)26(31)32/h1-6,8,11H,7,9-10H2,(H,23,27)(H,24,29)/t11-/m1/s1. The van der Waals surface area contributed by atoms with E-state index >= 15 is 0 Å². The quantitative estimate of drug-likeness (QED) is 0.341. The van der Waals surface area contributed by atoms with E-state index in [1.165, 1.54) is 36.4 Å². The number of carbonyl (C=O) groups excluding carboxylic acids is 4. The summed E-state index contributed by atoms with van der Waals surface area (Å²) in [6, 6.07) is 9.68. The van der Waals surface area contributed by atoms with Crippen LogP contribution in [0.2, 0.25) is 10.0 Å². The van der Waals surface area contributed by atoms with Gasteiger partial charge in [-0.15, -0.1) is 0 Å². The van der Waals surface area contributed by atoms with Crippen LogP contribution in [0.25, 0.3) is 0 Å². The summed E-state index contributed by atoms with van der Waals surface area (Å²) in [6.07, 6.45) is -0.263. The molecule has 2 N–H and O–H groups in total. The topological polar surface area (TPSA) is 148 Å². The number of nitrogens with one attached hydrogen (secondary N) is 2. The Kier molecular flexibility index (Phi) is 7.46. The largest absolute Gasteiger partial charge is 0.455 e. The van der Waals surface area contributed by atoms with Crippen molar-refractivity contribution in [1.82, 2.24) is 10.4 Å². The summed E-state index contributed by atoms with van der Waals surface area (Å²) in [6.45, 7) is -0.834. The van der Waals surface area contributed by atoms with E-state index in [2.05, 4.69) is 10.7 Å². The molecule has 0 aliphatic carbocycles. The Bertz CT molecular complexity index is 1140. The number of benzene rings is 2. The third-order valence-electron chi connectivity index (χ3n) is 4.59. The van der Waals surface area contributed by atoms with E-state index in [-0.39, 0.29) is 29.2 Å². The van der Waals surface area contributed by atoms with Crippen molar-refractivity contribution in [3.8, 4) is 0 Å². The van der Waals surface area contributed by atoms with E-state index in [0.29, 0.717) is 5.02 Å². The van der Waals surface area contributed by atoms with Gasteiger partial charge in [-0.25, -0.2) is 0 Å². The molecule has 3 rings (SSSR count). The van der Waals surface area contributed by atoms with Gasteiger partial charge in [0, 0.05) is 17.5 Å². The minimum atomic E-state index is -0.935. The Morgan fingerprint density at radius 1 is 1.18 bits per heavy atom. The first-order valence-corrected chi connectivity index (χ1v) is 10.2. The number of anilines is 1. The van der Waals surface area contributed by atoms with Gasteiger partial charge < -0.3 is 10.1 Å². The molecule has 1 saturated heterocycles. The lowest BCUT2D eigenvalue weighted by atomic mass is 10.1. The van der Waals surface area contributed by atoms with Crippen molar-refractivity contribution in [3.63, 3.8) is 0 Å². The van der Waals surface area contributed by atoms with Crippen LogP contribution in [0.5, 0.6) is 0 Å². The Morgan fingerprint density at radius 2 is 1.91 bits per heavy atom. The van der Waals surface area contributed by atoms with Crippen LogP contribution in [-0.2, 0) is 19.1 Å². The van der Waals surface area contributed by atoms with E-state index < -0.39 is 46.8 Å². The second-order valence-corrected chi connectivity index (χ2v) is 7.74. The molecule has 0 saturated carbocycles. The number of nitrogens with zero attached hydrogens (tertiary/aromatic N) is 2. The molecule has 33 heavy (non-hydrogen) atoms. The van der Waals surface area contributed by atoms with Crippen LogP contribution >= 0.6 is 23.2 Å². The van der Waals surface area contributed by atoms with Gasteiger partial charge >= 0.3 is 5.97 Å². The average molecular weight is 495 g/mol. The monoisotopic (exact) mass is 494 g/mol. The van der Waals surface area contributed by atoms with Gasteiger partial charge in [0.2, 0.25) is 5.91 Å². The number of hydrogen-bond donors (Lipinski definition) is 2. The Labute approximate surface area is 196 Å². The van der Waals surface area contributed by atoms with Crippen LogP contribution in [0.3, 0.4) is 0 Å². The highest BCUT2D eigenvalue weighted by Gasteiger charge is 2.37. The summed E-state index contributed by atoms with van der Waals surface area (Å²) in [5.41, 5.74) is 1.88. The predicted octanol–water partition coefficient (Wildman–Crippen LogP) is 2.58. The molecule has 1 aliphatic heterocycles. The number of ether oxygens (including phenoxy) is 1. The first kappa shape index (κ1) is 24.0. The van der Waals surface area contributed by atoms with Gasteiger partial charge in [-0.05, 0) is 24.3 Å². The van der Waals surface area contributed by atoms with Crippen LogP contribution in [0.15, 0.2) is 42.5 Å². The molecule has 3 amide bonds. The number of nitro groups is 1. The zero-order chi connectivity index (χ0) is 24.1. The molecule has 11 nitrogen and oxygen atoms in total. The van der Waals surface area contributed by atoms with Gasteiger partial charge in [-0.2, -0.15) is 0 Å². The fraction of sp³-hybridized carbons (Fsp3) is 0.200. The summed E-state index contributed by atoms with van der Waals surface area (Å²) in [7, 11) is 0. The lowest BCUT2D eigenvalue weighted by Gasteiger charge is -2.17. The summed E-state index contributed by atoms with van der Waals surface area (Å²) in [4.78, 5) is 59.2. The summed E-state index contributed by atoms with van der Waals surface area (Å²) in [5, 5.41) is 15.0. The van der Waals surface area contributed by atoms with Gasteiger partial charge in [0.05, 0.1) is 28.1 Å². The molecule has 172 valence electrons. The molecular formula is C20H16Cl2N4O7. The van der Waals surface area contributed by atoms with Crippen molar-refractivity contribution in [2.24, 2.45) is 5.92 Å². The van der Waals surface area contributed by atoms with Crippen LogP contribution in [0.4, 0.5) is 11.4 Å². The minimum Gasteiger partial charge on any atom is -0.455 e. The third-order valence-corrected chi connectivity index (χ3v) is 5.14. The number of halogens is 2. The number of hydrogen-bond acceptors (Lipinski definition) is 7. The van der Waals surface area contributed by atoms with Crippen molar-refractivity contribution in [1.29, 1.82) is 0 Å². The molecule has 2 aromatic carbocycles. The zero-order valence-electron chi connectivity index (χ0n) is 16.7. The van der Waals surface area contributed by atoms with E-state index in [0.717, 1.165) is 11.1 Å². The molecule has 13 heteroatoms. The van der Waals surface area contributed by atoms with Crippen LogP contribution in [0, 0.1) is 16.0 Å². The van der Waals surface area contributed by atoms with Gasteiger partial charge in [-0.3, -0.25) is 39.7 Å². The van der Waals surface area contributed by atoms with Crippen molar-refractivity contribution < 1.29 is 28.8 Å². The number of rotatable bonds is 7. The highest BCUT2D eigenvalue weighted by molar-refractivity contribution is 6.36. The molecule has 2 aromatic rings. The molecular weight excluding hydrogens is 479 g/mol. The lowest BCUT2D eigenvalue weighted by Crippen LogP contribution is -2.43. The second kappa shape index (κ2) is 10.3. The third kappa shape index (κ3) is 5.96. The van der Waals surface area contributed by atoms with E-state index in [9.17, 15) is 29.3 Å². The normalized spacial score (nSPS) is 15.2. The molecule has 1 heterocycles. The van der Waals surface area contributed by atoms with Crippen LogP contribution < -0.4 is 10.7 Å². The molecule has 0 aromatic heterocycles. The number of amides is 3. The maximum absolute atomic E-state index is 12.4. The molecule has 0 bridgehead atoms. The number of hydrazine groups is 1. The highest BCUT2D eigenvalue weighted by Crippen LogP contribution is 2.25. The fourth-order valence-corrected chi connectivity index (χ4v) is 3.47. The maximum atomic E-state index is 12.4. The number of para-hydroxylation sites is 1. The molecule has 0 spiro atoms. The molecule has 1 fully saturated rings. The average Bonchev–Trinajstić information content (AvgIpc) is 3.14. The van der Waals surface area contributed by atoms with Crippen LogP contribution in [0.1, 0.15) is 16.8 Å². The summed E-state index contributed by atoms with van der Waals surface area (Å²) >= 11 is 11.7. The minimum absolute atomic E-state index is 0.202. The highest BCUT2D eigenvalue weighted by atomic mass is 35.5. The van der Waals surface area contributed by atoms with Crippen molar-refractivity contribution in [3.05, 3.63) is 68.2 Å². The number of nitro benzene ring substituents is 1. The van der Waals surface area contributed by atoms with Crippen molar-refractivity contribution in [2.75, 3.05) is 18.5 Å². The first-order valence-electron chi connectivity index (χ1n) is 9.42. The molecule has 0 unspecified atom stereocenters. The van der Waals surface area contributed by atoms with E-state index in [1.807, 2.05) is 0 Å². The Balaban J connectivity index is 1.53. The van der Waals surface area contributed by atoms with Gasteiger partial charge in [0.15, 0.2) is 6.61 Å². The summed E-state index contributed by atoms with van der Waals surface area (Å²) in [5.74, 6) is -3.86. The summed E-state index contributed by atoms with van der Waals surface area (Å²) < 4.78 is 4.96. The molecule has 0 radical (unpaired) electrons. The van der Waals surface area contributed by atoms with Crippen molar-refractivity contribution >= 4 is 58.3 Å². The Morgan fingerprint density at radius 3 is 2.61 bits per heavy atom. The number of esters is 1. The maximum Gasteiger partial charge on any atom is 0.311 e. The van der Waals surface area contributed by atoms with E-state index in [4.69, 9.17) is 27.9 Å². The Hall–Kier alpha value is -3.70. The lowest BCUT2D eigenvalue weighted by molar-refractivity contribution is -0.385. The van der Waals surface area contributed by atoms with Gasteiger partial charge in [0.1, 0.15) is 5.56 Å². The van der Waals surface area contributed by atoms with Gasteiger partial charge in [-0.1, -0.05) is 35.3 Å². The first-order chi connectivity index (χ1) is 15.7. The molecule has 1 atom stereocenters. The fourth-order valence-electron chi connectivity index (χ4n) is 3.01. The van der Waals surface area contributed by atoms with Crippen molar-refractivity contribution in [2.45, 2.75) is 6.42 Å². The zero-order valence-corrected chi connectivity index (χ0v) is 18.3. The molecule has 1 aliphatic rings.